The molecular formula is C20H24BrF2N3OS. The number of hydrogen-bond donors (Lipinski definition) is 1. The molecule has 2 aromatic rings. The normalized spacial score (nSPS) is 15.1. The molecule has 0 aliphatic rings. The lowest BCUT2D eigenvalue weighted by Gasteiger charge is -2.32. The zero-order valence-electron chi connectivity index (χ0n) is 16.1. The van der Waals surface area contributed by atoms with Gasteiger partial charge in [0.15, 0.2) is 11.6 Å². The molecule has 2 rings (SSSR count). The largest absolute Gasteiger partial charge is 0.598 e. The van der Waals surface area contributed by atoms with Crippen LogP contribution in [0.5, 0.6) is 0 Å². The average Bonchev–Trinajstić information content (AvgIpc) is 2.63. The van der Waals surface area contributed by atoms with Crippen LogP contribution < -0.4 is 4.72 Å². The molecule has 1 N–H and O–H groups in total. The van der Waals surface area contributed by atoms with Gasteiger partial charge in [-0.1, -0.05) is 18.2 Å². The van der Waals surface area contributed by atoms with Crippen LogP contribution in [-0.4, -0.2) is 19.3 Å². The Hall–Kier alpha value is -1.35. The molecule has 0 spiro atoms. The van der Waals surface area contributed by atoms with Crippen LogP contribution in [0.3, 0.4) is 0 Å². The van der Waals surface area contributed by atoms with Crippen molar-refractivity contribution in [2.75, 3.05) is 0 Å². The summed E-state index contributed by atoms with van der Waals surface area (Å²) < 4.78 is 44.5. The summed E-state index contributed by atoms with van der Waals surface area (Å²) in [6, 6.07) is 3.44. The summed E-state index contributed by atoms with van der Waals surface area (Å²) in [4.78, 5) is 8.57. The fourth-order valence-electron chi connectivity index (χ4n) is 2.77. The quantitative estimate of drug-likeness (QED) is 0.415. The van der Waals surface area contributed by atoms with Crippen LogP contribution in [-0.2, 0) is 11.4 Å². The fourth-order valence-corrected chi connectivity index (χ4v) is 4.09. The first kappa shape index (κ1) is 22.9. The van der Waals surface area contributed by atoms with Crippen LogP contribution in [0.2, 0.25) is 0 Å². The van der Waals surface area contributed by atoms with E-state index in [-0.39, 0.29) is 5.56 Å². The summed E-state index contributed by atoms with van der Waals surface area (Å²) in [6.07, 6.45) is 5.78. The average molecular weight is 472 g/mol. The zero-order valence-corrected chi connectivity index (χ0v) is 18.5. The van der Waals surface area contributed by atoms with Crippen molar-refractivity contribution in [3.05, 3.63) is 70.7 Å². The van der Waals surface area contributed by atoms with Crippen molar-refractivity contribution >= 4 is 27.3 Å². The highest BCUT2D eigenvalue weighted by Crippen LogP contribution is 2.39. The molecule has 28 heavy (non-hydrogen) atoms. The molecule has 3 atom stereocenters. The molecule has 0 unspecified atom stereocenters. The third-order valence-corrected chi connectivity index (χ3v) is 6.42. The van der Waals surface area contributed by atoms with Crippen molar-refractivity contribution in [3.63, 3.8) is 0 Å². The van der Waals surface area contributed by atoms with Gasteiger partial charge in [-0.25, -0.2) is 13.8 Å². The smallest absolute Gasteiger partial charge is 0.162 e. The van der Waals surface area contributed by atoms with Gasteiger partial charge in [0.1, 0.15) is 15.4 Å². The Morgan fingerprint density at radius 3 is 2.57 bits per heavy atom. The van der Waals surface area contributed by atoms with Gasteiger partial charge >= 0.3 is 0 Å². The Balaban J connectivity index is 2.59. The monoisotopic (exact) mass is 471 g/mol. The van der Waals surface area contributed by atoms with Crippen LogP contribution >= 0.6 is 15.9 Å². The summed E-state index contributed by atoms with van der Waals surface area (Å²) in [6.45, 7) is 9.23. The van der Waals surface area contributed by atoms with Crippen LogP contribution in [0.25, 0.3) is 0 Å². The topological polar surface area (TPSA) is 60.9 Å². The van der Waals surface area contributed by atoms with Crippen molar-refractivity contribution in [2.24, 2.45) is 0 Å². The highest BCUT2D eigenvalue weighted by atomic mass is 79.9. The predicted octanol–water partition coefficient (Wildman–Crippen LogP) is 5.36. The van der Waals surface area contributed by atoms with Gasteiger partial charge in [-0.3, -0.25) is 4.98 Å². The molecule has 0 saturated carbocycles. The molecule has 152 valence electrons. The summed E-state index contributed by atoms with van der Waals surface area (Å²) in [5.41, 5.74) is 0.681. The first-order valence-electron chi connectivity index (χ1n) is 8.86. The van der Waals surface area contributed by atoms with Gasteiger partial charge in [0, 0.05) is 29.7 Å². The van der Waals surface area contributed by atoms with E-state index in [0.717, 1.165) is 6.07 Å². The summed E-state index contributed by atoms with van der Waals surface area (Å²) in [7, 11) is 0. The summed E-state index contributed by atoms with van der Waals surface area (Å²) >= 11 is 1.91. The number of aromatic nitrogens is 2. The maximum absolute atomic E-state index is 14.7. The Kier molecular flexibility index (Phi) is 8.12. The molecule has 4 nitrogen and oxygen atoms in total. The van der Waals surface area contributed by atoms with Gasteiger partial charge in [-0.15, -0.1) is 11.3 Å². The SMILES string of the molecule is C=CCC[C@@H](c1cccc(F)c1F)[C@H](N[S@+]([O-])C(C)(C)C)c1nccnc1Br. The second-order valence-corrected chi connectivity index (χ2v) is 10.1. The second kappa shape index (κ2) is 9.91. The fraction of sp³-hybridized carbons (Fsp3) is 0.400. The van der Waals surface area contributed by atoms with Crippen LogP contribution in [0.4, 0.5) is 8.78 Å². The Morgan fingerprint density at radius 2 is 1.96 bits per heavy atom. The number of halogens is 3. The van der Waals surface area contributed by atoms with Crippen LogP contribution in [0.15, 0.2) is 47.9 Å². The van der Waals surface area contributed by atoms with E-state index in [4.69, 9.17) is 0 Å². The number of nitrogens with zero attached hydrogens (tertiary/aromatic N) is 2. The molecular weight excluding hydrogens is 448 g/mol. The van der Waals surface area contributed by atoms with E-state index in [1.54, 1.807) is 12.1 Å². The lowest BCUT2D eigenvalue weighted by molar-refractivity contribution is 0.425. The Labute approximate surface area is 176 Å². The zero-order chi connectivity index (χ0) is 20.9. The van der Waals surface area contributed by atoms with E-state index < -0.39 is 39.7 Å². The van der Waals surface area contributed by atoms with E-state index >= 15 is 0 Å². The highest BCUT2D eigenvalue weighted by Gasteiger charge is 2.37. The van der Waals surface area contributed by atoms with E-state index in [2.05, 4.69) is 37.2 Å². The number of hydrogen-bond acceptors (Lipinski definition) is 4. The molecule has 0 amide bonds. The number of allylic oxidation sites excluding steroid dienone is 1. The summed E-state index contributed by atoms with van der Waals surface area (Å²) in [5.74, 6) is -2.37. The number of nitrogens with one attached hydrogen (secondary N) is 1. The summed E-state index contributed by atoms with van der Waals surface area (Å²) in [5, 5.41) is 0. The highest BCUT2D eigenvalue weighted by molar-refractivity contribution is 9.10. The van der Waals surface area contributed by atoms with Crippen LogP contribution in [0, 0.1) is 11.6 Å². The van der Waals surface area contributed by atoms with Crippen molar-refractivity contribution in [2.45, 2.75) is 50.3 Å². The molecule has 0 aliphatic carbocycles. The van der Waals surface area contributed by atoms with Gasteiger partial charge in [0.25, 0.3) is 0 Å². The van der Waals surface area contributed by atoms with Crippen molar-refractivity contribution in [1.82, 2.24) is 14.7 Å². The third kappa shape index (κ3) is 5.59. The van der Waals surface area contributed by atoms with Crippen LogP contribution in [0.1, 0.15) is 56.8 Å². The minimum Gasteiger partial charge on any atom is -0.598 e. The van der Waals surface area contributed by atoms with Gasteiger partial charge in [0.05, 0.1) is 5.69 Å². The second-order valence-electron chi connectivity index (χ2n) is 7.32. The lowest BCUT2D eigenvalue weighted by atomic mass is 9.86. The molecule has 0 fully saturated rings. The Morgan fingerprint density at radius 1 is 1.29 bits per heavy atom. The molecule has 8 heteroatoms. The standard InChI is InChI=1S/C20H24BrF2N3OS/c1-5-6-8-14(13-9-7-10-15(22)16(13)23)17(26-28(27)20(2,3)4)18-19(21)25-12-11-24-18/h5,7,9-12,14,17,26H,1,6,8H2,2-4H3/t14-,17-,28+/m0/s1. The van der Waals surface area contributed by atoms with Crippen molar-refractivity contribution in [3.8, 4) is 0 Å². The van der Waals surface area contributed by atoms with Gasteiger partial charge < -0.3 is 4.55 Å². The minimum atomic E-state index is -1.47. The van der Waals surface area contributed by atoms with Crippen molar-refractivity contribution < 1.29 is 13.3 Å². The molecule has 1 heterocycles. The number of benzene rings is 1. The van der Waals surface area contributed by atoms with E-state index in [0.29, 0.717) is 23.1 Å². The molecule has 0 aliphatic heterocycles. The first-order valence-corrected chi connectivity index (χ1v) is 10.8. The maximum Gasteiger partial charge on any atom is 0.162 e. The molecule has 0 bridgehead atoms. The van der Waals surface area contributed by atoms with Gasteiger partial charge in [-0.05, 0) is 61.2 Å². The van der Waals surface area contributed by atoms with E-state index in [1.807, 2.05) is 20.8 Å². The van der Waals surface area contributed by atoms with Gasteiger partial charge in [-0.2, -0.15) is 0 Å². The third-order valence-electron chi connectivity index (χ3n) is 4.23. The first-order chi connectivity index (χ1) is 13.2. The Bertz CT molecular complexity index is 816. The molecule has 0 radical (unpaired) electrons. The predicted molar refractivity (Wildman–Crippen MR) is 112 cm³/mol. The maximum atomic E-state index is 14.7. The molecule has 1 aromatic carbocycles. The van der Waals surface area contributed by atoms with E-state index in [9.17, 15) is 13.3 Å². The van der Waals surface area contributed by atoms with Gasteiger partial charge in [0.2, 0.25) is 0 Å². The lowest BCUT2D eigenvalue weighted by Crippen LogP contribution is -2.43. The molecule has 0 saturated heterocycles. The van der Waals surface area contributed by atoms with Crippen molar-refractivity contribution in [1.29, 1.82) is 0 Å². The number of rotatable bonds is 8. The molecule has 1 aromatic heterocycles. The van der Waals surface area contributed by atoms with E-state index in [1.165, 1.54) is 18.5 Å². The minimum absolute atomic E-state index is 0.197.